The molecule has 2 aromatic rings. The van der Waals surface area contributed by atoms with Gasteiger partial charge in [0.1, 0.15) is 11.3 Å². The van der Waals surface area contributed by atoms with Crippen LogP contribution in [0.15, 0.2) is 48.0 Å². The van der Waals surface area contributed by atoms with Gasteiger partial charge in [0, 0.05) is 0 Å². The van der Waals surface area contributed by atoms with Crippen molar-refractivity contribution in [3.8, 4) is 5.75 Å². The molecule has 0 unspecified atom stereocenters. The Hall–Kier alpha value is -3.32. The minimum atomic E-state index is -1.16. The summed E-state index contributed by atoms with van der Waals surface area (Å²) in [5, 5.41) is 11.5. The number of nitrogens with one attached hydrogen (secondary N) is 1. The number of aromatic carboxylic acids is 1. The van der Waals surface area contributed by atoms with E-state index in [0.717, 1.165) is 4.90 Å². The SMILES string of the molecule is CCOC(=O)COc1ccc(C=C2C(=O)NC(=S)N(c3cccc(C(=O)O)c3)C2=O)cc1I. The van der Waals surface area contributed by atoms with Crippen molar-refractivity contribution < 1.29 is 33.8 Å². The van der Waals surface area contributed by atoms with E-state index >= 15 is 0 Å². The van der Waals surface area contributed by atoms with E-state index in [-0.39, 0.29) is 35.2 Å². The van der Waals surface area contributed by atoms with Crippen LogP contribution in [0.1, 0.15) is 22.8 Å². The first kappa shape index (κ1) is 24.3. The highest BCUT2D eigenvalue weighted by Gasteiger charge is 2.34. The van der Waals surface area contributed by atoms with Gasteiger partial charge in [-0.2, -0.15) is 0 Å². The molecule has 2 amide bonds. The Morgan fingerprint density at radius 3 is 2.64 bits per heavy atom. The number of esters is 1. The summed E-state index contributed by atoms with van der Waals surface area (Å²) < 4.78 is 10.9. The van der Waals surface area contributed by atoms with Gasteiger partial charge in [-0.25, -0.2) is 9.59 Å². The van der Waals surface area contributed by atoms with Crippen molar-refractivity contribution >= 4 is 75.4 Å². The molecule has 11 heteroatoms. The average Bonchev–Trinajstić information content (AvgIpc) is 2.76. The van der Waals surface area contributed by atoms with Crippen molar-refractivity contribution in [2.24, 2.45) is 0 Å². The number of carbonyl (C=O) groups excluding carboxylic acids is 3. The van der Waals surface area contributed by atoms with Crippen molar-refractivity contribution in [2.75, 3.05) is 18.1 Å². The fourth-order valence-corrected chi connectivity index (χ4v) is 3.88. The van der Waals surface area contributed by atoms with Crippen LogP contribution in [0, 0.1) is 3.57 Å². The molecule has 0 bridgehead atoms. The molecule has 1 heterocycles. The van der Waals surface area contributed by atoms with Crippen molar-refractivity contribution in [2.45, 2.75) is 6.92 Å². The van der Waals surface area contributed by atoms with E-state index in [2.05, 4.69) is 5.32 Å². The first-order valence-corrected chi connectivity index (χ1v) is 11.0. The Kier molecular flexibility index (Phi) is 7.76. The predicted molar refractivity (Wildman–Crippen MR) is 131 cm³/mol. The standard InChI is InChI=1S/C22H17IN2O7S/c1-2-31-18(26)11-32-17-7-6-12(9-16(17)23)8-15-19(27)24-22(33)25(20(15)28)14-5-3-4-13(10-14)21(29)30/h3-10H,2,11H2,1H3,(H,29,30)(H,24,27,33). The smallest absolute Gasteiger partial charge is 0.344 e. The largest absolute Gasteiger partial charge is 0.481 e. The van der Waals surface area contributed by atoms with Crippen molar-refractivity contribution in [1.29, 1.82) is 0 Å². The molecule has 0 saturated carbocycles. The van der Waals surface area contributed by atoms with Gasteiger partial charge in [0.25, 0.3) is 11.8 Å². The summed E-state index contributed by atoms with van der Waals surface area (Å²) in [6.07, 6.45) is 1.39. The van der Waals surface area contributed by atoms with Gasteiger partial charge in [-0.05, 0) is 83.7 Å². The number of halogens is 1. The topological polar surface area (TPSA) is 122 Å². The maximum absolute atomic E-state index is 13.1. The van der Waals surface area contributed by atoms with Crippen LogP contribution in [0.2, 0.25) is 0 Å². The summed E-state index contributed by atoms with van der Waals surface area (Å²) in [6.45, 7) is 1.71. The summed E-state index contributed by atoms with van der Waals surface area (Å²) in [6, 6.07) is 10.6. The van der Waals surface area contributed by atoms with Gasteiger partial charge in [0.2, 0.25) is 0 Å². The number of benzene rings is 2. The van der Waals surface area contributed by atoms with E-state index in [0.29, 0.717) is 14.9 Å². The predicted octanol–water partition coefficient (Wildman–Crippen LogP) is 2.76. The van der Waals surface area contributed by atoms with E-state index in [1.807, 2.05) is 22.6 Å². The van der Waals surface area contributed by atoms with E-state index in [1.165, 1.54) is 30.3 Å². The number of carboxylic acid groups (broad SMARTS) is 1. The molecule has 33 heavy (non-hydrogen) atoms. The molecular weight excluding hydrogens is 563 g/mol. The van der Waals surface area contributed by atoms with Crippen molar-refractivity contribution in [3.63, 3.8) is 0 Å². The molecule has 0 spiro atoms. The average molecular weight is 580 g/mol. The number of anilines is 1. The van der Waals surface area contributed by atoms with Crippen LogP contribution < -0.4 is 15.0 Å². The number of nitrogens with zero attached hydrogens (tertiary/aromatic N) is 1. The van der Waals surface area contributed by atoms with Gasteiger partial charge in [-0.1, -0.05) is 12.1 Å². The molecule has 170 valence electrons. The highest BCUT2D eigenvalue weighted by Crippen LogP contribution is 2.26. The van der Waals surface area contributed by atoms with E-state index in [1.54, 1.807) is 25.1 Å². The van der Waals surface area contributed by atoms with Gasteiger partial charge < -0.3 is 14.6 Å². The highest BCUT2D eigenvalue weighted by atomic mass is 127. The lowest BCUT2D eigenvalue weighted by molar-refractivity contribution is -0.145. The molecule has 0 radical (unpaired) electrons. The molecular formula is C22H17IN2O7S. The molecule has 2 N–H and O–H groups in total. The molecule has 0 atom stereocenters. The van der Waals surface area contributed by atoms with Gasteiger partial charge in [-0.3, -0.25) is 19.8 Å². The lowest BCUT2D eigenvalue weighted by atomic mass is 10.1. The summed E-state index contributed by atoms with van der Waals surface area (Å²) in [7, 11) is 0. The van der Waals surface area contributed by atoms with Gasteiger partial charge in [0.15, 0.2) is 11.7 Å². The van der Waals surface area contributed by atoms with Crippen LogP contribution in [0.3, 0.4) is 0 Å². The fraction of sp³-hybridized carbons (Fsp3) is 0.136. The number of amides is 2. The first-order valence-electron chi connectivity index (χ1n) is 9.54. The normalized spacial score (nSPS) is 14.8. The molecule has 1 fully saturated rings. The van der Waals surface area contributed by atoms with E-state index in [9.17, 15) is 24.3 Å². The van der Waals surface area contributed by atoms with Crippen LogP contribution >= 0.6 is 34.8 Å². The Labute approximate surface area is 207 Å². The number of hydrogen-bond acceptors (Lipinski definition) is 7. The van der Waals surface area contributed by atoms with Crippen LogP contribution in [0.5, 0.6) is 5.75 Å². The fourth-order valence-electron chi connectivity index (χ4n) is 2.90. The zero-order valence-electron chi connectivity index (χ0n) is 17.2. The maximum atomic E-state index is 13.1. The molecule has 0 aromatic heterocycles. The minimum Gasteiger partial charge on any atom is -0.481 e. The quantitative estimate of drug-likeness (QED) is 0.169. The number of carboxylic acids is 1. The first-order chi connectivity index (χ1) is 15.7. The van der Waals surface area contributed by atoms with E-state index < -0.39 is 23.8 Å². The second-order valence-electron chi connectivity index (χ2n) is 6.60. The molecule has 9 nitrogen and oxygen atoms in total. The zero-order chi connectivity index (χ0) is 24.1. The summed E-state index contributed by atoms with van der Waals surface area (Å²) in [4.78, 5) is 49.4. The second-order valence-corrected chi connectivity index (χ2v) is 8.15. The monoisotopic (exact) mass is 580 g/mol. The highest BCUT2D eigenvalue weighted by molar-refractivity contribution is 14.1. The van der Waals surface area contributed by atoms with Gasteiger partial charge in [-0.15, -0.1) is 0 Å². The number of hydrogen-bond donors (Lipinski definition) is 2. The molecule has 2 aromatic carbocycles. The number of ether oxygens (including phenoxy) is 2. The van der Waals surface area contributed by atoms with Crippen molar-refractivity contribution in [3.05, 3.63) is 62.7 Å². The molecule has 1 aliphatic heterocycles. The molecule has 0 aliphatic carbocycles. The Morgan fingerprint density at radius 2 is 1.97 bits per heavy atom. The number of carbonyl (C=O) groups is 4. The van der Waals surface area contributed by atoms with Crippen LogP contribution in [0.25, 0.3) is 6.08 Å². The van der Waals surface area contributed by atoms with Crippen LogP contribution in [-0.2, 0) is 19.1 Å². The molecule has 3 rings (SSSR count). The van der Waals surface area contributed by atoms with Gasteiger partial charge in [0.05, 0.1) is 21.4 Å². The van der Waals surface area contributed by atoms with E-state index in [4.69, 9.17) is 21.7 Å². The van der Waals surface area contributed by atoms with Gasteiger partial charge >= 0.3 is 11.9 Å². The molecule has 1 saturated heterocycles. The third-order valence-corrected chi connectivity index (χ3v) is 5.50. The van der Waals surface area contributed by atoms with Crippen LogP contribution in [0.4, 0.5) is 5.69 Å². The Morgan fingerprint density at radius 1 is 1.21 bits per heavy atom. The number of rotatable bonds is 7. The maximum Gasteiger partial charge on any atom is 0.344 e. The lowest BCUT2D eigenvalue weighted by Gasteiger charge is -2.29. The third-order valence-electron chi connectivity index (χ3n) is 4.37. The lowest BCUT2D eigenvalue weighted by Crippen LogP contribution is -2.54. The second kappa shape index (κ2) is 10.5. The Balaban J connectivity index is 1.87. The summed E-state index contributed by atoms with van der Waals surface area (Å²) in [5.74, 6) is -2.57. The zero-order valence-corrected chi connectivity index (χ0v) is 20.1. The third kappa shape index (κ3) is 5.73. The number of thiocarbonyl (C=S) groups is 1. The van der Waals surface area contributed by atoms with Crippen LogP contribution in [-0.4, -0.2) is 47.2 Å². The molecule has 1 aliphatic rings. The summed E-state index contributed by atoms with van der Waals surface area (Å²) >= 11 is 7.15. The minimum absolute atomic E-state index is 0.0292. The summed E-state index contributed by atoms with van der Waals surface area (Å²) in [5.41, 5.74) is 0.542. The Bertz CT molecular complexity index is 1200. The van der Waals surface area contributed by atoms with Crippen molar-refractivity contribution in [1.82, 2.24) is 5.32 Å².